The molecular formula is C20H32. The Labute approximate surface area is 126 Å². The summed E-state index contributed by atoms with van der Waals surface area (Å²) in [6, 6.07) is 2.47. The Morgan fingerprint density at radius 1 is 1.00 bits per heavy atom. The number of fused-ring (bicyclic) bond motifs is 1. The van der Waals surface area contributed by atoms with Crippen molar-refractivity contribution in [1.29, 1.82) is 0 Å². The molecule has 1 unspecified atom stereocenters. The van der Waals surface area contributed by atoms with E-state index in [0.29, 0.717) is 11.8 Å². The summed E-state index contributed by atoms with van der Waals surface area (Å²) in [6.45, 7) is 19.0. The van der Waals surface area contributed by atoms with Crippen molar-refractivity contribution in [3.8, 4) is 0 Å². The highest BCUT2D eigenvalue weighted by Gasteiger charge is 2.35. The van der Waals surface area contributed by atoms with Crippen LogP contribution in [0.2, 0.25) is 0 Å². The third-order valence-electron chi connectivity index (χ3n) is 5.70. The van der Waals surface area contributed by atoms with Gasteiger partial charge < -0.3 is 0 Å². The zero-order valence-electron chi connectivity index (χ0n) is 14.7. The predicted octanol–water partition coefficient (Wildman–Crippen LogP) is 6.31. The second kappa shape index (κ2) is 5.54. The summed E-state index contributed by atoms with van der Waals surface area (Å²) < 4.78 is 0. The molecule has 1 aromatic rings. The minimum Gasteiger partial charge on any atom is -0.0622 e. The first-order valence-corrected chi connectivity index (χ1v) is 8.39. The van der Waals surface area contributed by atoms with Crippen molar-refractivity contribution in [2.24, 2.45) is 11.8 Å². The van der Waals surface area contributed by atoms with Gasteiger partial charge in [-0.25, -0.2) is 0 Å². The third kappa shape index (κ3) is 2.43. The van der Waals surface area contributed by atoms with Crippen LogP contribution in [0, 0.1) is 25.7 Å². The van der Waals surface area contributed by atoms with E-state index in [1.807, 2.05) is 0 Å². The molecule has 0 bridgehead atoms. The fourth-order valence-electron chi connectivity index (χ4n) is 4.08. The molecule has 0 spiro atoms. The van der Waals surface area contributed by atoms with Crippen LogP contribution in [0.4, 0.5) is 0 Å². The fraction of sp³-hybridized carbons (Fsp3) is 0.700. The first kappa shape index (κ1) is 15.6. The molecule has 0 N–H and O–H groups in total. The van der Waals surface area contributed by atoms with Crippen molar-refractivity contribution in [2.75, 3.05) is 0 Å². The van der Waals surface area contributed by atoms with Gasteiger partial charge in [-0.1, -0.05) is 47.6 Å². The average molecular weight is 272 g/mol. The van der Waals surface area contributed by atoms with E-state index in [2.05, 4.69) is 61.5 Å². The van der Waals surface area contributed by atoms with Crippen molar-refractivity contribution in [2.45, 2.75) is 79.6 Å². The van der Waals surface area contributed by atoms with Crippen LogP contribution in [0.1, 0.15) is 93.5 Å². The molecule has 0 heteroatoms. The van der Waals surface area contributed by atoms with Gasteiger partial charge in [0.15, 0.2) is 0 Å². The lowest BCUT2D eigenvalue weighted by Crippen LogP contribution is -2.26. The predicted molar refractivity (Wildman–Crippen MR) is 89.8 cm³/mol. The van der Waals surface area contributed by atoms with E-state index in [9.17, 15) is 0 Å². The summed E-state index contributed by atoms with van der Waals surface area (Å²) in [5.74, 6) is 3.62. The molecule has 3 atom stereocenters. The summed E-state index contributed by atoms with van der Waals surface area (Å²) in [4.78, 5) is 0. The highest BCUT2D eigenvalue weighted by Crippen LogP contribution is 2.49. The Morgan fingerprint density at radius 2 is 1.60 bits per heavy atom. The van der Waals surface area contributed by atoms with Crippen LogP contribution < -0.4 is 0 Å². The SMILES string of the molecule is Cc1cc(C(C)C)c2c(c1C)[C@@H](C)[C@@H](C)CC2C(C)C. The first-order chi connectivity index (χ1) is 9.25. The molecule has 20 heavy (non-hydrogen) atoms. The minimum atomic E-state index is 0.630. The second-order valence-electron chi connectivity index (χ2n) is 7.74. The van der Waals surface area contributed by atoms with Gasteiger partial charge in [-0.15, -0.1) is 0 Å². The van der Waals surface area contributed by atoms with Gasteiger partial charge in [-0.2, -0.15) is 0 Å². The van der Waals surface area contributed by atoms with Crippen LogP contribution in [0.15, 0.2) is 6.07 Å². The Hall–Kier alpha value is -0.780. The average Bonchev–Trinajstić information content (AvgIpc) is 2.36. The van der Waals surface area contributed by atoms with Gasteiger partial charge in [0.05, 0.1) is 0 Å². The summed E-state index contributed by atoms with van der Waals surface area (Å²) in [6.07, 6.45) is 1.36. The van der Waals surface area contributed by atoms with Crippen molar-refractivity contribution in [3.63, 3.8) is 0 Å². The molecule has 1 aromatic carbocycles. The Kier molecular flexibility index (Phi) is 4.33. The summed E-state index contributed by atoms with van der Waals surface area (Å²) in [5, 5.41) is 0. The van der Waals surface area contributed by atoms with Gasteiger partial charge in [0.1, 0.15) is 0 Å². The van der Waals surface area contributed by atoms with Crippen LogP contribution >= 0.6 is 0 Å². The molecule has 0 amide bonds. The molecular weight excluding hydrogens is 240 g/mol. The number of hydrogen-bond donors (Lipinski definition) is 0. The van der Waals surface area contributed by atoms with E-state index in [1.54, 1.807) is 22.3 Å². The maximum absolute atomic E-state index is 2.47. The van der Waals surface area contributed by atoms with Crippen LogP contribution in [-0.2, 0) is 0 Å². The summed E-state index contributed by atoms with van der Waals surface area (Å²) >= 11 is 0. The van der Waals surface area contributed by atoms with Gasteiger partial charge in [0.2, 0.25) is 0 Å². The molecule has 0 saturated carbocycles. The van der Waals surface area contributed by atoms with E-state index >= 15 is 0 Å². The van der Waals surface area contributed by atoms with Crippen LogP contribution in [0.25, 0.3) is 0 Å². The lowest BCUT2D eigenvalue weighted by atomic mass is 9.64. The zero-order valence-corrected chi connectivity index (χ0v) is 14.7. The van der Waals surface area contributed by atoms with Crippen molar-refractivity contribution in [1.82, 2.24) is 0 Å². The molecule has 0 aliphatic heterocycles. The number of rotatable bonds is 2. The van der Waals surface area contributed by atoms with Crippen molar-refractivity contribution < 1.29 is 0 Å². The molecule has 0 saturated heterocycles. The molecule has 1 aliphatic carbocycles. The molecule has 112 valence electrons. The lowest BCUT2D eigenvalue weighted by molar-refractivity contribution is 0.324. The highest BCUT2D eigenvalue weighted by molar-refractivity contribution is 5.51. The normalized spacial score (nSPS) is 26.2. The van der Waals surface area contributed by atoms with Gasteiger partial charge >= 0.3 is 0 Å². The van der Waals surface area contributed by atoms with E-state index in [-0.39, 0.29) is 0 Å². The maximum Gasteiger partial charge on any atom is -0.0130 e. The minimum absolute atomic E-state index is 0.630. The van der Waals surface area contributed by atoms with Gasteiger partial charge in [-0.05, 0) is 77.7 Å². The Morgan fingerprint density at radius 3 is 2.10 bits per heavy atom. The number of hydrogen-bond acceptors (Lipinski definition) is 0. The molecule has 0 aromatic heterocycles. The van der Waals surface area contributed by atoms with E-state index in [1.165, 1.54) is 12.0 Å². The molecule has 2 rings (SSSR count). The zero-order chi connectivity index (χ0) is 15.2. The van der Waals surface area contributed by atoms with Crippen LogP contribution in [0.5, 0.6) is 0 Å². The van der Waals surface area contributed by atoms with Crippen LogP contribution in [0.3, 0.4) is 0 Å². The Bertz CT molecular complexity index is 493. The molecule has 0 nitrogen and oxygen atoms in total. The van der Waals surface area contributed by atoms with Gasteiger partial charge in [-0.3, -0.25) is 0 Å². The van der Waals surface area contributed by atoms with Gasteiger partial charge in [0.25, 0.3) is 0 Å². The number of benzene rings is 1. The van der Waals surface area contributed by atoms with E-state index in [4.69, 9.17) is 0 Å². The topological polar surface area (TPSA) is 0 Å². The third-order valence-corrected chi connectivity index (χ3v) is 5.70. The van der Waals surface area contributed by atoms with Crippen molar-refractivity contribution in [3.05, 3.63) is 33.9 Å². The molecule has 0 heterocycles. The smallest absolute Gasteiger partial charge is 0.0130 e. The fourth-order valence-corrected chi connectivity index (χ4v) is 4.08. The summed E-state index contributed by atoms with van der Waals surface area (Å²) in [7, 11) is 0. The summed E-state index contributed by atoms with van der Waals surface area (Å²) in [5.41, 5.74) is 8.04. The van der Waals surface area contributed by atoms with Gasteiger partial charge in [0, 0.05) is 0 Å². The second-order valence-corrected chi connectivity index (χ2v) is 7.74. The monoisotopic (exact) mass is 272 g/mol. The molecule has 1 aliphatic rings. The molecule has 0 fully saturated rings. The highest BCUT2D eigenvalue weighted by atomic mass is 14.4. The molecule has 0 radical (unpaired) electrons. The maximum atomic E-state index is 2.47. The number of aryl methyl sites for hydroxylation is 1. The van der Waals surface area contributed by atoms with Crippen molar-refractivity contribution >= 4 is 0 Å². The standard InChI is InChI=1S/C20H32/c1-11(2)17-9-13(5)15(7)19-16(8)14(6)10-18(12(3)4)20(17)19/h9,11-12,14,16,18H,10H2,1-8H3/t14-,16-,18?/m0/s1. The van der Waals surface area contributed by atoms with E-state index < -0.39 is 0 Å². The quantitative estimate of drug-likeness (QED) is 0.592. The van der Waals surface area contributed by atoms with E-state index in [0.717, 1.165) is 17.8 Å². The van der Waals surface area contributed by atoms with Crippen LogP contribution in [-0.4, -0.2) is 0 Å². The largest absolute Gasteiger partial charge is 0.0622 e. The first-order valence-electron chi connectivity index (χ1n) is 8.39. The lowest BCUT2D eigenvalue weighted by Gasteiger charge is -2.40. The Balaban J connectivity index is 2.76.